The maximum atomic E-state index is 12.9. The molecule has 2 N–H and O–H groups in total. The van der Waals surface area contributed by atoms with Crippen molar-refractivity contribution in [2.75, 3.05) is 13.1 Å². The second kappa shape index (κ2) is 10.8. The number of benzene rings is 2. The zero-order valence-corrected chi connectivity index (χ0v) is 18.1. The highest BCUT2D eigenvalue weighted by atomic mass is 19.4. The quantitative estimate of drug-likeness (QED) is 0.592. The molecular weight excluding hydrogens is 437 g/mol. The van der Waals surface area contributed by atoms with E-state index in [-0.39, 0.29) is 25.3 Å². The van der Waals surface area contributed by atoms with Gasteiger partial charge >= 0.3 is 12.1 Å². The summed E-state index contributed by atoms with van der Waals surface area (Å²) in [7, 11) is 0. The fourth-order valence-electron chi connectivity index (χ4n) is 3.97. The number of amides is 1. The van der Waals surface area contributed by atoms with Gasteiger partial charge in [0.15, 0.2) is 0 Å². The van der Waals surface area contributed by atoms with E-state index in [1.165, 1.54) is 6.07 Å². The molecule has 0 aromatic heterocycles. The predicted molar refractivity (Wildman–Crippen MR) is 115 cm³/mol. The molecule has 1 heterocycles. The first-order chi connectivity index (χ1) is 15.6. The Morgan fingerprint density at radius 1 is 1.06 bits per heavy atom. The fraction of sp³-hybridized carbons (Fsp3) is 0.417. The summed E-state index contributed by atoms with van der Waals surface area (Å²) in [4.78, 5) is 23.5. The van der Waals surface area contributed by atoms with Gasteiger partial charge in [0.2, 0.25) is 5.91 Å². The Morgan fingerprint density at radius 3 is 2.48 bits per heavy atom. The van der Waals surface area contributed by atoms with Gasteiger partial charge in [0, 0.05) is 19.5 Å². The second-order valence-electron chi connectivity index (χ2n) is 8.24. The first-order valence-corrected chi connectivity index (χ1v) is 10.8. The van der Waals surface area contributed by atoms with Gasteiger partial charge < -0.3 is 10.2 Å². The summed E-state index contributed by atoms with van der Waals surface area (Å²) in [6.45, 7) is 1.29. The molecule has 33 heavy (non-hydrogen) atoms. The number of halogens is 3. The molecule has 0 radical (unpaired) electrons. The van der Waals surface area contributed by atoms with Crippen LogP contribution in [-0.4, -0.2) is 51.3 Å². The van der Waals surface area contributed by atoms with E-state index in [0.29, 0.717) is 43.5 Å². The number of rotatable bonds is 9. The Hall–Kier alpha value is -2.91. The molecule has 1 atom stereocenters. The van der Waals surface area contributed by atoms with Gasteiger partial charge in [-0.2, -0.15) is 13.2 Å². The van der Waals surface area contributed by atoms with Crippen molar-refractivity contribution in [2.24, 2.45) is 0 Å². The minimum Gasteiger partial charge on any atom is -0.481 e. The van der Waals surface area contributed by atoms with Gasteiger partial charge in [0.05, 0.1) is 24.6 Å². The van der Waals surface area contributed by atoms with Crippen LogP contribution in [0.3, 0.4) is 0 Å². The van der Waals surface area contributed by atoms with Crippen LogP contribution in [0.2, 0.25) is 0 Å². The van der Waals surface area contributed by atoms with E-state index in [2.05, 4.69) is 0 Å². The van der Waals surface area contributed by atoms with E-state index in [1.807, 2.05) is 11.1 Å². The Labute approximate surface area is 190 Å². The topological polar surface area (TPSA) is 81.1 Å². The van der Waals surface area contributed by atoms with Crippen LogP contribution >= 0.6 is 0 Å². The Balaban J connectivity index is 1.61. The first kappa shape index (κ1) is 24.7. The number of carbonyl (C=O) groups excluding carboxylic acids is 1. The van der Waals surface area contributed by atoms with E-state index < -0.39 is 23.8 Å². The smallest absolute Gasteiger partial charge is 0.416 e. The molecule has 1 aliphatic rings. The third-order valence-electron chi connectivity index (χ3n) is 5.56. The number of nitrogens with zero attached hydrogens (tertiary/aromatic N) is 2. The number of carbonyl (C=O) groups is 2. The normalized spacial score (nSPS) is 16.1. The molecule has 0 bridgehead atoms. The average Bonchev–Trinajstić information content (AvgIpc) is 2.73. The molecule has 1 amide bonds. The maximum Gasteiger partial charge on any atom is 0.416 e. The summed E-state index contributed by atoms with van der Waals surface area (Å²) in [5.41, 5.74) is 1.11. The zero-order chi connectivity index (χ0) is 24.0. The lowest BCUT2D eigenvalue weighted by molar-refractivity contribution is -0.158. The van der Waals surface area contributed by atoms with Crippen LogP contribution in [0.4, 0.5) is 13.2 Å². The van der Waals surface area contributed by atoms with Crippen LogP contribution in [0.1, 0.15) is 41.5 Å². The molecule has 178 valence electrons. The predicted octanol–water partition coefficient (Wildman–Crippen LogP) is 3.67. The summed E-state index contributed by atoms with van der Waals surface area (Å²) in [5.74, 6) is -0.991. The third-order valence-corrected chi connectivity index (χ3v) is 5.56. The summed E-state index contributed by atoms with van der Waals surface area (Å²) >= 11 is 0. The molecule has 0 aliphatic carbocycles. The summed E-state index contributed by atoms with van der Waals surface area (Å²) < 4.78 is 38.7. The van der Waals surface area contributed by atoms with Gasteiger partial charge in [-0.05, 0) is 42.0 Å². The van der Waals surface area contributed by atoms with Crippen LogP contribution in [0.5, 0.6) is 0 Å². The minimum absolute atomic E-state index is 0.0581. The largest absolute Gasteiger partial charge is 0.481 e. The van der Waals surface area contributed by atoms with Crippen LogP contribution < -0.4 is 0 Å². The van der Waals surface area contributed by atoms with Crippen molar-refractivity contribution in [3.8, 4) is 0 Å². The molecule has 1 saturated heterocycles. The molecule has 2 aromatic carbocycles. The number of carboxylic acids is 1. The van der Waals surface area contributed by atoms with Crippen molar-refractivity contribution >= 4 is 11.9 Å². The molecular formula is C24H27F3N2O4. The molecule has 6 nitrogen and oxygen atoms in total. The summed E-state index contributed by atoms with van der Waals surface area (Å²) in [5, 5.41) is 22.9. The SMILES string of the molecule is O=C(O)Cc1cccc(CN2C(=O)CCCN2CCC(O)Cc2cccc(C(F)(F)F)c2)c1. The molecule has 2 aromatic rings. The average molecular weight is 464 g/mol. The van der Waals surface area contributed by atoms with Crippen molar-refractivity contribution in [3.63, 3.8) is 0 Å². The van der Waals surface area contributed by atoms with E-state index in [1.54, 1.807) is 29.3 Å². The third kappa shape index (κ3) is 7.30. The van der Waals surface area contributed by atoms with Crippen LogP contribution in [0, 0.1) is 0 Å². The Kier molecular flexibility index (Phi) is 8.10. The van der Waals surface area contributed by atoms with E-state index in [9.17, 15) is 27.9 Å². The highest BCUT2D eigenvalue weighted by Gasteiger charge is 2.30. The number of aliphatic hydroxyl groups excluding tert-OH is 1. The summed E-state index contributed by atoms with van der Waals surface area (Å²) in [6.07, 6.45) is -3.94. The van der Waals surface area contributed by atoms with Crippen LogP contribution in [0.25, 0.3) is 0 Å². The maximum absolute atomic E-state index is 12.9. The Morgan fingerprint density at radius 2 is 1.76 bits per heavy atom. The van der Waals surface area contributed by atoms with Gasteiger partial charge in [-0.25, -0.2) is 5.01 Å². The molecule has 0 saturated carbocycles. The van der Waals surface area contributed by atoms with Crippen molar-refractivity contribution in [1.82, 2.24) is 10.0 Å². The highest BCUT2D eigenvalue weighted by Crippen LogP contribution is 2.30. The van der Waals surface area contributed by atoms with Gasteiger partial charge in [-0.15, -0.1) is 0 Å². The fourth-order valence-corrected chi connectivity index (χ4v) is 3.97. The number of aliphatic carboxylic acids is 1. The zero-order valence-electron chi connectivity index (χ0n) is 18.1. The minimum atomic E-state index is -4.43. The van der Waals surface area contributed by atoms with Gasteiger partial charge in [-0.1, -0.05) is 42.5 Å². The van der Waals surface area contributed by atoms with Crippen molar-refractivity contribution in [1.29, 1.82) is 0 Å². The van der Waals surface area contributed by atoms with Gasteiger partial charge in [-0.3, -0.25) is 14.6 Å². The van der Waals surface area contributed by atoms with Crippen LogP contribution in [0.15, 0.2) is 48.5 Å². The molecule has 9 heteroatoms. The lowest BCUT2D eigenvalue weighted by Gasteiger charge is -2.39. The lowest BCUT2D eigenvalue weighted by Crippen LogP contribution is -2.50. The first-order valence-electron chi connectivity index (χ1n) is 10.8. The Bertz CT molecular complexity index is 980. The van der Waals surface area contributed by atoms with Crippen molar-refractivity contribution < 1.29 is 33.0 Å². The molecule has 1 aliphatic heterocycles. The van der Waals surface area contributed by atoms with E-state index in [4.69, 9.17) is 5.11 Å². The number of hydrazine groups is 1. The van der Waals surface area contributed by atoms with Gasteiger partial charge in [0.1, 0.15) is 0 Å². The molecule has 3 rings (SSSR count). The molecule has 1 unspecified atom stereocenters. The number of hydrogen-bond acceptors (Lipinski definition) is 4. The van der Waals surface area contributed by atoms with Crippen LogP contribution in [-0.2, 0) is 35.2 Å². The van der Waals surface area contributed by atoms with Crippen molar-refractivity contribution in [2.45, 2.75) is 50.9 Å². The number of alkyl halides is 3. The molecule has 1 fully saturated rings. The van der Waals surface area contributed by atoms with Crippen molar-refractivity contribution in [3.05, 3.63) is 70.8 Å². The number of aliphatic hydroxyl groups is 1. The number of carboxylic acid groups (broad SMARTS) is 1. The summed E-state index contributed by atoms with van der Waals surface area (Å²) in [6, 6.07) is 12.0. The molecule has 0 spiro atoms. The van der Waals surface area contributed by atoms with Gasteiger partial charge in [0.25, 0.3) is 0 Å². The van der Waals surface area contributed by atoms with E-state index in [0.717, 1.165) is 17.7 Å². The van der Waals surface area contributed by atoms with E-state index >= 15 is 0 Å². The second-order valence-corrected chi connectivity index (χ2v) is 8.24. The standard InChI is InChI=1S/C24H27F3N2O4/c25-24(26,27)20-7-2-5-18(13-20)14-21(30)9-11-28-10-3-8-22(31)29(28)16-19-6-1-4-17(12-19)15-23(32)33/h1-2,4-7,12-13,21,30H,3,8-11,14-16H2,(H,32,33). The number of hydrogen-bond donors (Lipinski definition) is 2. The lowest BCUT2D eigenvalue weighted by atomic mass is 10.0. The highest BCUT2D eigenvalue weighted by molar-refractivity contribution is 5.76. The monoisotopic (exact) mass is 464 g/mol.